The number of carbonyl (C=O) groups excluding carboxylic acids is 1. The zero-order chi connectivity index (χ0) is 19.9. The topological polar surface area (TPSA) is 45.2 Å². The maximum absolute atomic E-state index is 12.6. The minimum atomic E-state index is 0.169. The van der Waals surface area contributed by atoms with Gasteiger partial charge in [0.2, 0.25) is 5.91 Å². The van der Waals surface area contributed by atoms with Crippen molar-refractivity contribution in [2.45, 2.75) is 6.42 Å². The molecule has 2 aliphatic rings. The van der Waals surface area contributed by atoms with E-state index in [0.29, 0.717) is 13.0 Å². The maximum Gasteiger partial charge on any atom is 0.226 e. The van der Waals surface area contributed by atoms with Crippen molar-refractivity contribution in [3.05, 3.63) is 54.6 Å². The number of hydrogen-bond donors (Lipinski definition) is 0. The van der Waals surface area contributed by atoms with Crippen LogP contribution in [0, 0.1) is 0 Å². The van der Waals surface area contributed by atoms with E-state index in [1.807, 2.05) is 35.2 Å². The molecule has 29 heavy (non-hydrogen) atoms. The third-order valence-corrected chi connectivity index (χ3v) is 5.53. The number of piperazine rings is 1. The van der Waals surface area contributed by atoms with Gasteiger partial charge in [0.1, 0.15) is 5.75 Å². The molecule has 4 rings (SSSR count). The van der Waals surface area contributed by atoms with Crippen LogP contribution in [0.1, 0.15) is 6.42 Å². The van der Waals surface area contributed by atoms with Crippen LogP contribution in [0.4, 0.5) is 11.4 Å². The molecule has 0 saturated carbocycles. The quantitative estimate of drug-likeness (QED) is 0.753. The van der Waals surface area contributed by atoms with E-state index < -0.39 is 0 Å². The minimum absolute atomic E-state index is 0.169. The molecule has 2 heterocycles. The smallest absolute Gasteiger partial charge is 0.226 e. The van der Waals surface area contributed by atoms with Crippen molar-refractivity contribution in [1.82, 2.24) is 4.90 Å². The lowest BCUT2D eigenvalue weighted by Crippen LogP contribution is -2.49. The van der Waals surface area contributed by atoms with Crippen LogP contribution in [0.5, 0.6) is 5.75 Å². The monoisotopic (exact) mass is 395 g/mol. The van der Waals surface area contributed by atoms with E-state index in [0.717, 1.165) is 58.2 Å². The van der Waals surface area contributed by atoms with Gasteiger partial charge in [-0.2, -0.15) is 0 Å². The first kappa shape index (κ1) is 19.6. The molecule has 0 N–H and O–H groups in total. The first-order valence-electron chi connectivity index (χ1n) is 10.4. The Morgan fingerprint density at radius 1 is 0.793 bits per heavy atom. The number of nitrogens with zero attached hydrogens (tertiary/aromatic N) is 3. The van der Waals surface area contributed by atoms with Gasteiger partial charge in [0, 0.05) is 39.3 Å². The van der Waals surface area contributed by atoms with E-state index in [1.165, 1.54) is 11.4 Å². The van der Waals surface area contributed by atoms with Gasteiger partial charge in [-0.25, -0.2) is 0 Å². The second-order valence-electron chi connectivity index (χ2n) is 7.37. The van der Waals surface area contributed by atoms with Gasteiger partial charge in [0.05, 0.1) is 37.6 Å². The van der Waals surface area contributed by atoms with Gasteiger partial charge < -0.3 is 24.2 Å². The minimum Gasteiger partial charge on any atom is -0.493 e. The van der Waals surface area contributed by atoms with Gasteiger partial charge in [0.25, 0.3) is 0 Å². The number of carbonyl (C=O) groups is 1. The predicted octanol–water partition coefficient (Wildman–Crippen LogP) is 2.64. The molecule has 0 spiro atoms. The summed E-state index contributed by atoms with van der Waals surface area (Å²) in [5.74, 6) is 0.979. The van der Waals surface area contributed by atoms with Crippen LogP contribution in [0.2, 0.25) is 0 Å². The largest absolute Gasteiger partial charge is 0.493 e. The molecule has 6 heteroatoms. The van der Waals surface area contributed by atoms with Crippen LogP contribution >= 0.6 is 0 Å². The van der Waals surface area contributed by atoms with Crippen LogP contribution in [0.15, 0.2) is 54.6 Å². The molecule has 1 amide bonds. The van der Waals surface area contributed by atoms with Crippen molar-refractivity contribution in [2.24, 2.45) is 0 Å². The predicted molar refractivity (Wildman–Crippen MR) is 115 cm³/mol. The van der Waals surface area contributed by atoms with Crippen molar-refractivity contribution < 1.29 is 14.3 Å². The summed E-state index contributed by atoms with van der Waals surface area (Å²) in [5.41, 5.74) is 2.53. The molecule has 2 saturated heterocycles. The van der Waals surface area contributed by atoms with E-state index in [9.17, 15) is 4.79 Å². The summed E-state index contributed by atoms with van der Waals surface area (Å²) in [5, 5.41) is 0. The Bertz CT molecular complexity index is 785. The van der Waals surface area contributed by atoms with Gasteiger partial charge in [-0.05, 0) is 24.3 Å². The molecule has 2 fully saturated rings. The van der Waals surface area contributed by atoms with Gasteiger partial charge in [-0.1, -0.05) is 30.3 Å². The Morgan fingerprint density at radius 2 is 1.38 bits per heavy atom. The van der Waals surface area contributed by atoms with Crippen molar-refractivity contribution >= 4 is 17.3 Å². The van der Waals surface area contributed by atoms with E-state index in [1.54, 1.807) is 0 Å². The Hall–Kier alpha value is -2.73. The summed E-state index contributed by atoms with van der Waals surface area (Å²) in [6, 6.07) is 18.2. The Morgan fingerprint density at radius 3 is 2.03 bits per heavy atom. The van der Waals surface area contributed by atoms with Crippen molar-refractivity contribution in [1.29, 1.82) is 0 Å². The SMILES string of the molecule is O=C(CCOc1ccccc1)N1CCN(c2ccccc2N2CCOCC2)CC1. The highest BCUT2D eigenvalue weighted by atomic mass is 16.5. The normalized spacial score (nSPS) is 17.3. The second kappa shape index (κ2) is 9.65. The molecule has 0 atom stereocenters. The third kappa shape index (κ3) is 5.01. The molecular formula is C23H29N3O3. The van der Waals surface area contributed by atoms with Crippen LogP contribution in [0.25, 0.3) is 0 Å². The molecule has 0 radical (unpaired) electrons. The standard InChI is InChI=1S/C23H29N3O3/c27-23(10-17-29-20-6-2-1-3-7-20)26-13-11-24(12-14-26)21-8-4-5-9-22(21)25-15-18-28-19-16-25/h1-9H,10-19H2. The van der Waals surface area contributed by atoms with Gasteiger partial charge >= 0.3 is 0 Å². The summed E-state index contributed by atoms with van der Waals surface area (Å²) in [4.78, 5) is 19.3. The van der Waals surface area contributed by atoms with Gasteiger partial charge in [-0.3, -0.25) is 4.79 Å². The maximum atomic E-state index is 12.6. The van der Waals surface area contributed by atoms with Crippen molar-refractivity contribution in [2.75, 3.05) is 68.9 Å². The molecule has 0 unspecified atom stereocenters. The molecule has 6 nitrogen and oxygen atoms in total. The van der Waals surface area contributed by atoms with Gasteiger partial charge in [0.15, 0.2) is 0 Å². The molecule has 2 aromatic carbocycles. The lowest BCUT2D eigenvalue weighted by molar-refractivity contribution is -0.132. The highest BCUT2D eigenvalue weighted by Crippen LogP contribution is 2.30. The van der Waals surface area contributed by atoms with Crippen LogP contribution in [-0.2, 0) is 9.53 Å². The van der Waals surface area contributed by atoms with Crippen molar-refractivity contribution in [3.8, 4) is 5.75 Å². The zero-order valence-electron chi connectivity index (χ0n) is 16.8. The van der Waals surface area contributed by atoms with Gasteiger partial charge in [-0.15, -0.1) is 0 Å². The zero-order valence-corrected chi connectivity index (χ0v) is 16.8. The number of rotatable bonds is 6. The summed E-state index contributed by atoms with van der Waals surface area (Å²) < 4.78 is 11.2. The average molecular weight is 396 g/mol. The number of benzene rings is 2. The van der Waals surface area contributed by atoms with E-state index in [4.69, 9.17) is 9.47 Å². The Labute approximate surface area is 172 Å². The number of anilines is 2. The van der Waals surface area contributed by atoms with Crippen molar-refractivity contribution in [3.63, 3.8) is 0 Å². The van der Waals surface area contributed by atoms with E-state index in [-0.39, 0.29) is 5.91 Å². The molecule has 2 aromatic rings. The third-order valence-electron chi connectivity index (χ3n) is 5.53. The molecule has 0 aromatic heterocycles. The molecule has 0 aliphatic carbocycles. The average Bonchev–Trinajstić information content (AvgIpc) is 2.80. The van der Waals surface area contributed by atoms with Crippen LogP contribution in [-0.4, -0.2) is 69.9 Å². The number of amides is 1. The fourth-order valence-corrected chi connectivity index (χ4v) is 3.93. The summed E-state index contributed by atoms with van der Waals surface area (Å²) in [7, 11) is 0. The van der Waals surface area contributed by atoms with E-state index >= 15 is 0 Å². The summed E-state index contributed by atoms with van der Waals surface area (Å²) in [6.45, 7) is 7.04. The van der Waals surface area contributed by atoms with Crippen LogP contribution in [0.3, 0.4) is 0 Å². The molecule has 154 valence electrons. The summed E-state index contributed by atoms with van der Waals surface area (Å²) >= 11 is 0. The number of para-hydroxylation sites is 3. The fourth-order valence-electron chi connectivity index (χ4n) is 3.93. The first-order chi connectivity index (χ1) is 14.3. The number of hydrogen-bond acceptors (Lipinski definition) is 5. The van der Waals surface area contributed by atoms with E-state index in [2.05, 4.69) is 34.1 Å². The Kier molecular flexibility index (Phi) is 6.52. The highest BCUT2D eigenvalue weighted by molar-refractivity contribution is 5.77. The lowest BCUT2D eigenvalue weighted by Gasteiger charge is -2.39. The fraction of sp³-hybridized carbons (Fsp3) is 0.435. The second-order valence-corrected chi connectivity index (χ2v) is 7.37. The highest BCUT2D eigenvalue weighted by Gasteiger charge is 2.24. The number of ether oxygens (including phenoxy) is 2. The molecule has 2 aliphatic heterocycles. The molecule has 0 bridgehead atoms. The summed E-state index contributed by atoms with van der Waals surface area (Å²) in [6.07, 6.45) is 0.416. The number of morpholine rings is 1. The molecular weight excluding hydrogens is 366 g/mol. The van der Waals surface area contributed by atoms with Crippen LogP contribution < -0.4 is 14.5 Å². The first-order valence-corrected chi connectivity index (χ1v) is 10.4. The Balaban J connectivity index is 1.29. The lowest BCUT2D eigenvalue weighted by atomic mass is 10.2.